The molecule has 21 heavy (non-hydrogen) atoms. The van der Waals surface area contributed by atoms with Gasteiger partial charge in [-0.05, 0) is 24.6 Å². The van der Waals surface area contributed by atoms with Gasteiger partial charge in [-0.25, -0.2) is 9.59 Å². The third-order valence-corrected chi connectivity index (χ3v) is 2.90. The van der Waals surface area contributed by atoms with Gasteiger partial charge in [0.15, 0.2) is 0 Å². The van der Waals surface area contributed by atoms with Gasteiger partial charge in [-0.2, -0.15) is 0 Å². The zero-order valence-electron chi connectivity index (χ0n) is 12.3. The standard InChI is InChI=1S/C14H20N2O5/c1-4-9(8-20-2)15-14(19)16-12-6-5-10(21-3)7-11(12)13(17)18/h5-7,9H,4,8H2,1-3H3,(H,17,18)(H2,15,16,19). The molecule has 0 spiro atoms. The van der Waals surface area contributed by atoms with Gasteiger partial charge >= 0.3 is 12.0 Å². The monoisotopic (exact) mass is 296 g/mol. The number of rotatable bonds is 7. The van der Waals surface area contributed by atoms with Gasteiger partial charge in [-0.15, -0.1) is 0 Å². The fourth-order valence-corrected chi connectivity index (χ4v) is 1.74. The minimum atomic E-state index is -1.15. The molecule has 1 aromatic carbocycles. The molecular weight excluding hydrogens is 276 g/mol. The highest BCUT2D eigenvalue weighted by Gasteiger charge is 2.15. The number of ether oxygens (including phenoxy) is 2. The van der Waals surface area contributed by atoms with Crippen molar-refractivity contribution in [1.29, 1.82) is 0 Å². The van der Waals surface area contributed by atoms with Crippen LogP contribution in [0.2, 0.25) is 0 Å². The molecule has 0 radical (unpaired) electrons. The van der Waals surface area contributed by atoms with Gasteiger partial charge in [-0.3, -0.25) is 0 Å². The normalized spacial score (nSPS) is 11.6. The predicted octanol–water partition coefficient (Wildman–Crippen LogP) is 1.94. The molecule has 0 fully saturated rings. The molecule has 1 aromatic rings. The van der Waals surface area contributed by atoms with Crippen molar-refractivity contribution < 1.29 is 24.2 Å². The first-order chi connectivity index (χ1) is 10.0. The van der Waals surface area contributed by atoms with Crippen LogP contribution in [0, 0.1) is 0 Å². The molecule has 1 atom stereocenters. The second-order valence-corrected chi connectivity index (χ2v) is 4.38. The molecule has 7 nitrogen and oxygen atoms in total. The van der Waals surface area contributed by atoms with Crippen molar-refractivity contribution in [2.75, 3.05) is 26.1 Å². The van der Waals surface area contributed by atoms with Crippen molar-refractivity contribution >= 4 is 17.7 Å². The number of nitrogens with one attached hydrogen (secondary N) is 2. The molecule has 2 amide bonds. The van der Waals surface area contributed by atoms with E-state index in [2.05, 4.69) is 10.6 Å². The highest BCUT2D eigenvalue weighted by atomic mass is 16.5. The van der Waals surface area contributed by atoms with E-state index < -0.39 is 12.0 Å². The SMILES string of the molecule is CCC(COC)NC(=O)Nc1ccc(OC)cc1C(=O)O. The van der Waals surface area contributed by atoms with Gasteiger partial charge in [0.1, 0.15) is 5.75 Å². The number of urea groups is 1. The van der Waals surface area contributed by atoms with E-state index in [4.69, 9.17) is 14.6 Å². The summed E-state index contributed by atoms with van der Waals surface area (Å²) in [5, 5.41) is 14.4. The van der Waals surface area contributed by atoms with Gasteiger partial charge in [0, 0.05) is 7.11 Å². The molecule has 0 aliphatic heterocycles. The molecule has 1 rings (SSSR count). The van der Waals surface area contributed by atoms with Crippen LogP contribution in [0.25, 0.3) is 0 Å². The Morgan fingerprint density at radius 1 is 1.33 bits per heavy atom. The average Bonchev–Trinajstić information content (AvgIpc) is 2.46. The fraction of sp³-hybridized carbons (Fsp3) is 0.429. The summed E-state index contributed by atoms with van der Waals surface area (Å²) < 4.78 is 9.96. The maximum Gasteiger partial charge on any atom is 0.337 e. The van der Waals surface area contributed by atoms with Crippen LogP contribution in [-0.4, -0.2) is 44.0 Å². The Labute approximate surface area is 123 Å². The Kier molecular flexibility index (Phi) is 6.48. The minimum absolute atomic E-state index is 0.0377. The molecular formula is C14H20N2O5. The zero-order chi connectivity index (χ0) is 15.8. The first kappa shape index (κ1) is 16.8. The van der Waals surface area contributed by atoms with Crippen LogP contribution >= 0.6 is 0 Å². The van der Waals surface area contributed by atoms with Gasteiger partial charge < -0.3 is 25.2 Å². The number of aromatic carboxylic acids is 1. The van der Waals surface area contributed by atoms with E-state index in [1.807, 2.05) is 6.92 Å². The number of anilines is 1. The van der Waals surface area contributed by atoms with Crippen molar-refractivity contribution in [1.82, 2.24) is 5.32 Å². The lowest BCUT2D eigenvalue weighted by atomic mass is 10.1. The number of benzene rings is 1. The molecule has 0 aliphatic rings. The van der Waals surface area contributed by atoms with Crippen LogP contribution in [0.1, 0.15) is 23.7 Å². The lowest BCUT2D eigenvalue weighted by Crippen LogP contribution is -2.40. The number of carbonyl (C=O) groups is 2. The third kappa shape index (κ3) is 4.96. The van der Waals surface area contributed by atoms with Crippen molar-refractivity contribution in [3.05, 3.63) is 23.8 Å². The number of hydrogen-bond donors (Lipinski definition) is 3. The van der Waals surface area contributed by atoms with Crippen molar-refractivity contribution in [2.45, 2.75) is 19.4 Å². The van der Waals surface area contributed by atoms with Crippen LogP contribution in [0.15, 0.2) is 18.2 Å². The summed E-state index contributed by atoms with van der Waals surface area (Å²) in [4.78, 5) is 23.1. The van der Waals surface area contributed by atoms with Crippen LogP contribution in [0.4, 0.5) is 10.5 Å². The predicted molar refractivity (Wildman–Crippen MR) is 78.1 cm³/mol. The van der Waals surface area contributed by atoms with Crippen LogP contribution in [0.3, 0.4) is 0 Å². The number of carboxylic acid groups (broad SMARTS) is 1. The molecule has 3 N–H and O–H groups in total. The Hall–Kier alpha value is -2.28. The Morgan fingerprint density at radius 2 is 2.05 bits per heavy atom. The Morgan fingerprint density at radius 3 is 2.57 bits per heavy atom. The summed E-state index contributed by atoms with van der Waals surface area (Å²) in [5.74, 6) is -0.739. The zero-order valence-corrected chi connectivity index (χ0v) is 12.3. The molecule has 1 unspecified atom stereocenters. The third-order valence-electron chi connectivity index (χ3n) is 2.90. The van der Waals surface area contributed by atoms with E-state index in [1.54, 1.807) is 13.2 Å². The lowest BCUT2D eigenvalue weighted by molar-refractivity contribution is 0.0697. The van der Waals surface area contributed by atoms with Crippen LogP contribution < -0.4 is 15.4 Å². The number of carbonyl (C=O) groups excluding carboxylic acids is 1. The molecule has 0 aliphatic carbocycles. The van der Waals surface area contributed by atoms with E-state index in [0.717, 1.165) is 0 Å². The maximum absolute atomic E-state index is 11.9. The Balaban J connectivity index is 2.82. The maximum atomic E-state index is 11.9. The van der Waals surface area contributed by atoms with Crippen LogP contribution in [-0.2, 0) is 4.74 Å². The van der Waals surface area contributed by atoms with Crippen molar-refractivity contribution in [3.8, 4) is 5.75 Å². The van der Waals surface area contributed by atoms with Gasteiger partial charge in [-0.1, -0.05) is 6.92 Å². The summed E-state index contributed by atoms with van der Waals surface area (Å²) in [5.41, 5.74) is 0.164. The Bertz CT molecular complexity index is 504. The summed E-state index contributed by atoms with van der Waals surface area (Å²) in [6, 6.07) is 3.80. The van der Waals surface area contributed by atoms with E-state index in [1.165, 1.54) is 19.2 Å². The van der Waals surface area contributed by atoms with Gasteiger partial charge in [0.2, 0.25) is 0 Å². The molecule has 0 aromatic heterocycles. The summed E-state index contributed by atoms with van der Waals surface area (Å²) >= 11 is 0. The van der Waals surface area contributed by atoms with Crippen molar-refractivity contribution in [2.24, 2.45) is 0 Å². The van der Waals surface area contributed by atoms with E-state index >= 15 is 0 Å². The largest absolute Gasteiger partial charge is 0.497 e. The van der Waals surface area contributed by atoms with E-state index in [-0.39, 0.29) is 17.3 Å². The second-order valence-electron chi connectivity index (χ2n) is 4.38. The highest BCUT2D eigenvalue weighted by Crippen LogP contribution is 2.22. The first-order valence-corrected chi connectivity index (χ1v) is 6.49. The quantitative estimate of drug-likeness (QED) is 0.714. The first-order valence-electron chi connectivity index (χ1n) is 6.49. The smallest absolute Gasteiger partial charge is 0.337 e. The number of methoxy groups -OCH3 is 2. The molecule has 0 heterocycles. The van der Waals surface area contributed by atoms with Gasteiger partial charge in [0.25, 0.3) is 0 Å². The average molecular weight is 296 g/mol. The lowest BCUT2D eigenvalue weighted by Gasteiger charge is -2.17. The topological polar surface area (TPSA) is 96.9 Å². The molecule has 116 valence electrons. The van der Waals surface area contributed by atoms with E-state index in [9.17, 15) is 9.59 Å². The molecule has 0 bridgehead atoms. The summed E-state index contributed by atoms with van der Waals surface area (Å²) in [7, 11) is 2.99. The van der Waals surface area contributed by atoms with Gasteiger partial charge in [0.05, 0.1) is 31.0 Å². The second kappa shape index (κ2) is 8.11. The summed E-state index contributed by atoms with van der Waals surface area (Å²) in [6.45, 7) is 2.30. The molecule has 7 heteroatoms. The minimum Gasteiger partial charge on any atom is -0.497 e. The summed E-state index contributed by atoms with van der Waals surface area (Å²) in [6.07, 6.45) is 0.704. The molecule has 0 saturated heterocycles. The number of amides is 2. The highest BCUT2D eigenvalue weighted by molar-refractivity contribution is 6.00. The van der Waals surface area contributed by atoms with Crippen LogP contribution in [0.5, 0.6) is 5.75 Å². The van der Waals surface area contributed by atoms with E-state index in [0.29, 0.717) is 18.8 Å². The van der Waals surface area contributed by atoms with Crippen molar-refractivity contribution in [3.63, 3.8) is 0 Å². The molecule has 0 saturated carbocycles. The number of carboxylic acids is 1. The fourth-order valence-electron chi connectivity index (χ4n) is 1.74. The number of hydrogen-bond acceptors (Lipinski definition) is 4.